The highest BCUT2D eigenvalue weighted by atomic mass is 16.2. The van der Waals surface area contributed by atoms with Gasteiger partial charge in [0.1, 0.15) is 5.78 Å². The Hall–Kier alpha value is -1.59. The molecule has 2 bridgehead atoms. The van der Waals surface area contributed by atoms with Gasteiger partial charge in [0.15, 0.2) is 5.96 Å². The van der Waals surface area contributed by atoms with Crippen LogP contribution in [0.25, 0.3) is 0 Å². The summed E-state index contributed by atoms with van der Waals surface area (Å²) >= 11 is 0. The summed E-state index contributed by atoms with van der Waals surface area (Å²) < 4.78 is 0. The lowest BCUT2D eigenvalue weighted by Gasteiger charge is -2.37. The molecule has 6 nitrogen and oxygen atoms in total. The third kappa shape index (κ3) is 3.95. The molecule has 2 rings (SSSR count). The predicted octanol–water partition coefficient (Wildman–Crippen LogP) is 0.514. The van der Waals surface area contributed by atoms with Crippen molar-refractivity contribution in [2.24, 2.45) is 17.6 Å². The monoisotopic (exact) mass is 280 g/mol. The molecule has 0 spiro atoms. The molecule has 1 aliphatic heterocycles. The molecule has 2 unspecified atom stereocenters. The van der Waals surface area contributed by atoms with Crippen molar-refractivity contribution in [3.05, 3.63) is 0 Å². The molecule has 1 saturated heterocycles. The second kappa shape index (κ2) is 6.72. The fourth-order valence-corrected chi connectivity index (χ4v) is 3.41. The van der Waals surface area contributed by atoms with Crippen LogP contribution in [0.5, 0.6) is 0 Å². The van der Waals surface area contributed by atoms with Crippen LogP contribution in [-0.2, 0) is 9.59 Å². The van der Waals surface area contributed by atoms with E-state index in [1.165, 1.54) is 0 Å². The van der Waals surface area contributed by atoms with E-state index >= 15 is 0 Å². The lowest BCUT2D eigenvalue weighted by atomic mass is 9.74. The molecule has 2 fully saturated rings. The molecule has 0 aromatic rings. The molecular formula is C14H24N4O2. The molecule has 0 aromatic carbocycles. The second-order valence-corrected chi connectivity index (χ2v) is 5.93. The smallest absolute Gasteiger partial charge is 0.223 e. The summed E-state index contributed by atoms with van der Waals surface area (Å²) in [5.74, 6) is 0.802. The van der Waals surface area contributed by atoms with E-state index in [1.807, 2.05) is 0 Å². The molecular weight excluding hydrogens is 256 g/mol. The quantitative estimate of drug-likeness (QED) is 0.342. The van der Waals surface area contributed by atoms with Crippen LogP contribution in [0.2, 0.25) is 0 Å². The standard InChI is InChI=1S/C14H24N4O2/c15-14(16)17-6-2-5-12-9-3-1-4-11(19)8-10(7-9)18-13(12)20/h9-10,12H,1-8H2,(H,18,20)(H4,15,16,17)/t9?,10?,12-/m1/s1. The van der Waals surface area contributed by atoms with Gasteiger partial charge in [-0.15, -0.1) is 0 Å². The Morgan fingerprint density at radius 1 is 1.45 bits per heavy atom. The van der Waals surface area contributed by atoms with Gasteiger partial charge in [0.2, 0.25) is 5.91 Å². The third-order valence-electron chi connectivity index (χ3n) is 4.35. The molecule has 0 radical (unpaired) electrons. The first-order valence-electron chi connectivity index (χ1n) is 7.46. The predicted molar refractivity (Wildman–Crippen MR) is 76.2 cm³/mol. The van der Waals surface area contributed by atoms with Gasteiger partial charge in [-0.05, 0) is 38.0 Å². The largest absolute Gasteiger partial charge is 0.370 e. The van der Waals surface area contributed by atoms with Gasteiger partial charge in [-0.2, -0.15) is 0 Å². The van der Waals surface area contributed by atoms with E-state index in [9.17, 15) is 9.59 Å². The molecule has 3 atom stereocenters. The first-order chi connectivity index (χ1) is 9.56. The van der Waals surface area contributed by atoms with Crippen LogP contribution in [-0.4, -0.2) is 30.2 Å². The minimum Gasteiger partial charge on any atom is -0.370 e. The zero-order valence-corrected chi connectivity index (χ0v) is 11.8. The van der Waals surface area contributed by atoms with Gasteiger partial charge >= 0.3 is 0 Å². The summed E-state index contributed by atoms with van der Waals surface area (Å²) in [6.45, 7) is 0.633. The normalized spacial score (nSPS) is 30.1. The number of ketones is 1. The average Bonchev–Trinajstić information content (AvgIpc) is 2.34. The van der Waals surface area contributed by atoms with Crippen molar-refractivity contribution in [1.82, 2.24) is 10.6 Å². The van der Waals surface area contributed by atoms with Gasteiger partial charge in [-0.3, -0.25) is 15.0 Å². The van der Waals surface area contributed by atoms with Crippen molar-refractivity contribution in [2.75, 3.05) is 6.54 Å². The van der Waals surface area contributed by atoms with Crippen LogP contribution in [0.4, 0.5) is 0 Å². The van der Waals surface area contributed by atoms with Gasteiger partial charge in [-0.25, -0.2) is 0 Å². The van der Waals surface area contributed by atoms with E-state index in [0.717, 1.165) is 32.1 Å². The molecule has 0 aromatic heterocycles. The van der Waals surface area contributed by atoms with E-state index in [4.69, 9.17) is 11.1 Å². The number of nitrogens with one attached hydrogen (secondary N) is 3. The Morgan fingerprint density at radius 3 is 3.00 bits per heavy atom. The number of fused-ring (bicyclic) bond motifs is 2. The van der Waals surface area contributed by atoms with Crippen molar-refractivity contribution < 1.29 is 9.59 Å². The Morgan fingerprint density at radius 2 is 2.25 bits per heavy atom. The minimum absolute atomic E-state index is 0.0253. The third-order valence-corrected chi connectivity index (χ3v) is 4.35. The molecule has 1 aliphatic carbocycles. The number of piperidine rings is 1. The van der Waals surface area contributed by atoms with Crippen molar-refractivity contribution in [1.29, 1.82) is 5.41 Å². The maximum absolute atomic E-state index is 12.2. The highest BCUT2D eigenvalue weighted by Gasteiger charge is 2.37. The maximum atomic E-state index is 12.2. The fourth-order valence-electron chi connectivity index (χ4n) is 3.41. The van der Waals surface area contributed by atoms with Crippen molar-refractivity contribution in [2.45, 2.75) is 51.0 Å². The Bertz CT molecular complexity index is 397. The van der Waals surface area contributed by atoms with Crippen LogP contribution >= 0.6 is 0 Å². The van der Waals surface area contributed by atoms with Crippen molar-refractivity contribution in [3.63, 3.8) is 0 Å². The SMILES string of the molecule is N=C(N)NCCC[C@H]1C(=O)NC2CC(=O)CCCC1C2. The van der Waals surface area contributed by atoms with Gasteiger partial charge in [0.05, 0.1) is 0 Å². The fraction of sp³-hybridized carbons (Fsp3) is 0.786. The first-order valence-corrected chi connectivity index (χ1v) is 7.46. The number of hydrogen-bond acceptors (Lipinski definition) is 3. The van der Waals surface area contributed by atoms with Gasteiger partial charge < -0.3 is 16.4 Å². The number of nitrogens with two attached hydrogens (primary N) is 1. The van der Waals surface area contributed by atoms with Gasteiger partial charge in [0, 0.05) is 31.3 Å². The molecule has 112 valence electrons. The molecule has 1 heterocycles. The number of guanidine groups is 1. The lowest BCUT2D eigenvalue weighted by molar-refractivity contribution is -0.132. The van der Waals surface area contributed by atoms with Crippen molar-refractivity contribution in [3.8, 4) is 0 Å². The molecule has 1 amide bonds. The molecule has 20 heavy (non-hydrogen) atoms. The summed E-state index contributed by atoms with van der Waals surface area (Å²) in [7, 11) is 0. The Labute approximate surface area is 119 Å². The highest BCUT2D eigenvalue weighted by Crippen LogP contribution is 2.33. The molecule has 2 aliphatic rings. The van der Waals surface area contributed by atoms with Crippen molar-refractivity contribution >= 4 is 17.6 Å². The number of carbonyl (C=O) groups is 2. The van der Waals surface area contributed by atoms with Crippen LogP contribution in [0.1, 0.15) is 44.9 Å². The van der Waals surface area contributed by atoms with E-state index in [1.54, 1.807) is 0 Å². The Balaban J connectivity index is 1.87. The minimum atomic E-state index is -0.0253. The maximum Gasteiger partial charge on any atom is 0.223 e. The van der Waals surface area contributed by atoms with E-state index in [-0.39, 0.29) is 29.6 Å². The van der Waals surface area contributed by atoms with E-state index in [0.29, 0.717) is 25.3 Å². The number of rotatable bonds is 4. The number of amides is 1. The number of Topliss-reactive ketones (excluding diaryl/α,β-unsaturated/α-hetero) is 1. The average molecular weight is 280 g/mol. The summed E-state index contributed by atoms with van der Waals surface area (Å²) in [5.41, 5.74) is 5.23. The van der Waals surface area contributed by atoms with Crippen LogP contribution in [0.3, 0.4) is 0 Å². The summed E-state index contributed by atoms with van der Waals surface area (Å²) in [6, 6.07) is 0.0481. The van der Waals surface area contributed by atoms with E-state index < -0.39 is 0 Å². The van der Waals surface area contributed by atoms with Gasteiger partial charge in [0.25, 0.3) is 0 Å². The van der Waals surface area contributed by atoms with E-state index in [2.05, 4.69) is 10.6 Å². The molecule has 6 heteroatoms. The van der Waals surface area contributed by atoms with Crippen LogP contribution in [0.15, 0.2) is 0 Å². The first kappa shape index (κ1) is 14.8. The number of carbonyl (C=O) groups excluding carboxylic acids is 2. The topological polar surface area (TPSA) is 108 Å². The zero-order valence-electron chi connectivity index (χ0n) is 11.8. The summed E-state index contributed by atoms with van der Waals surface area (Å²) in [4.78, 5) is 23.8. The summed E-state index contributed by atoms with van der Waals surface area (Å²) in [6.07, 6.45) is 5.62. The second-order valence-electron chi connectivity index (χ2n) is 5.93. The number of hydrogen-bond donors (Lipinski definition) is 4. The Kier molecular flexibility index (Phi) is 4.98. The van der Waals surface area contributed by atoms with Crippen LogP contribution in [0, 0.1) is 17.2 Å². The lowest BCUT2D eigenvalue weighted by Crippen LogP contribution is -2.50. The zero-order chi connectivity index (χ0) is 14.5. The van der Waals surface area contributed by atoms with Gasteiger partial charge in [-0.1, -0.05) is 0 Å². The summed E-state index contributed by atoms with van der Waals surface area (Å²) in [5, 5.41) is 12.9. The highest BCUT2D eigenvalue weighted by molar-refractivity contribution is 5.83. The molecule has 1 saturated carbocycles. The van der Waals surface area contributed by atoms with Crippen LogP contribution < -0.4 is 16.4 Å². The molecule has 5 N–H and O–H groups in total.